The van der Waals surface area contributed by atoms with Gasteiger partial charge in [-0.05, 0) is 44.2 Å². The molecule has 0 aliphatic carbocycles. The van der Waals surface area contributed by atoms with E-state index in [1.165, 1.54) is 11.0 Å². The Hall–Kier alpha value is -4.18. The van der Waals surface area contributed by atoms with Crippen molar-refractivity contribution in [1.29, 1.82) is 5.26 Å². The van der Waals surface area contributed by atoms with Crippen molar-refractivity contribution >= 4 is 0 Å². The number of pyridine rings is 2. The third-order valence-corrected chi connectivity index (χ3v) is 4.25. The number of nitrogens with one attached hydrogen (secondary N) is 1. The summed E-state index contributed by atoms with van der Waals surface area (Å²) in [5.74, 6) is 0.585. The number of rotatable bonds is 2. The molecule has 1 aromatic carbocycles. The highest BCUT2D eigenvalue weighted by atomic mass is 16.3. The minimum Gasteiger partial charge on any atom is -0.444 e. The Morgan fingerprint density at radius 3 is 2.52 bits per heavy atom. The summed E-state index contributed by atoms with van der Waals surface area (Å²) in [6.45, 7) is 3.52. The normalized spacial score (nSPS) is 9.97. The molecule has 7 heteroatoms. The molecule has 0 aliphatic heterocycles. The number of nitrogens with zero attached hydrogens (tertiary/aromatic N) is 3. The Labute approximate surface area is 166 Å². The highest BCUT2D eigenvalue weighted by Crippen LogP contribution is 2.23. The molecule has 0 unspecified atom stereocenters. The zero-order valence-corrected chi connectivity index (χ0v) is 15.9. The number of nitriles is 1. The second-order valence-corrected chi connectivity index (χ2v) is 6.26. The van der Waals surface area contributed by atoms with Crippen LogP contribution in [0.5, 0.6) is 0 Å². The summed E-state index contributed by atoms with van der Waals surface area (Å²) in [6, 6.07) is 14.4. The number of hydrogen-bond donors (Lipinski definition) is 1. The maximum absolute atomic E-state index is 12.3. The van der Waals surface area contributed by atoms with E-state index in [1.54, 1.807) is 74.9 Å². The van der Waals surface area contributed by atoms with E-state index >= 15 is 0 Å². The maximum Gasteiger partial charge on any atom is 0.258 e. The van der Waals surface area contributed by atoms with Crippen LogP contribution in [0.15, 0.2) is 81.5 Å². The van der Waals surface area contributed by atoms with Crippen LogP contribution in [0, 0.1) is 25.2 Å². The average Bonchev–Trinajstić information content (AvgIpc) is 3.27. The number of benzene rings is 1. The first-order valence-corrected chi connectivity index (χ1v) is 8.77. The van der Waals surface area contributed by atoms with E-state index in [0.717, 1.165) is 11.1 Å². The fourth-order valence-electron chi connectivity index (χ4n) is 2.63. The Morgan fingerprint density at radius 1 is 1.10 bits per heavy atom. The monoisotopic (exact) mass is 386 g/mol. The van der Waals surface area contributed by atoms with Crippen molar-refractivity contribution in [2.24, 2.45) is 0 Å². The molecular weight excluding hydrogens is 368 g/mol. The Bertz CT molecular complexity index is 1280. The molecular formula is C22H18N4O3. The molecule has 144 valence electrons. The van der Waals surface area contributed by atoms with Crippen LogP contribution in [-0.4, -0.2) is 14.5 Å². The molecule has 3 heterocycles. The van der Waals surface area contributed by atoms with Gasteiger partial charge in [0.25, 0.3) is 11.1 Å². The van der Waals surface area contributed by atoms with Gasteiger partial charge in [0.1, 0.15) is 6.07 Å². The lowest BCUT2D eigenvalue weighted by Gasteiger charge is -2.09. The van der Waals surface area contributed by atoms with Crippen molar-refractivity contribution in [3.8, 4) is 23.1 Å². The molecule has 0 aliphatic rings. The van der Waals surface area contributed by atoms with Crippen molar-refractivity contribution in [1.82, 2.24) is 14.5 Å². The number of H-pyrrole nitrogens is 1. The summed E-state index contributed by atoms with van der Waals surface area (Å²) in [6.07, 6.45) is 6.20. The van der Waals surface area contributed by atoms with Gasteiger partial charge < -0.3 is 9.40 Å². The van der Waals surface area contributed by atoms with Gasteiger partial charge >= 0.3 is 0 Å². The lowest BCUT2D eigenvalue weighted by Crippen LogP contribution is -2.20. The van der Waals surface area contributed by atoms with Gasteiger partial charge in [-0.1, -0.05) is 12.1 Å². The molecule has 0 saturated carbocycles. The minimum atomic E-state index is -0.149. The number of aromatic nitrogens is 3. The fourth-order valence-corrected chi connectivity index (χ4v) is 2.63. The van der Waals surface area contributed by atoms with Gasteiger partial charge in [-0.15, -0.1) is 0 Å². The predicted molar refractivity (Wildman–Crippen MR) is 109 cm³/mol. The van der Waals surface area contributed by atoms with Crippen molar-refractivity contribution in [3.05, 3.63) is 105 Å². The lowest BCUT2D eigenvalue weighted by atomic mass is 10.1. The van der Waals surface area contributed by atoms with E-state index in [4.69, 9.17) is 4.42 Å². The summed E-state index contributed by atoms with van der Waals surface area (Å²) in [5, 5.41) is 9.26. The van der Waals surface area contributed by atoms with E-state index < -0.39 is 0 Å². The molecule has 0 bridgehead atoms. The summed E-state index contributed by atoms with van der Waals surface area (Å²) >= 11 is 0. The summed E-state index contributed by atoms with van der Waals surface area (Å²) in [7, 11) is 0. The van der Waals surface area contributed by atoms with Gasteiger partial charge in [-0.25, -0.2) is 4.98 Å². The number of aryl methyl sites for hydroxylation is 2. The molecule has 1 N–H and O–H groups in total. The molecule has 0 amide bonds. The van der Waals surface area contributed by atoms with Gasteiger partial charge in [0.05, 0.1) is 17.4 Å². The Kier molecular flexibility index (Phi) is 5.85. The van der Waals surface area contributed by atoms with Crippen LogP contribution >= 0.6 is 0 Å². The smallest absolute Gasteiger partial charge is 0.258 e. The molecule has 0 saturated heterocycles. The van der Waals surface area contributed by atoms with Gasteiger partial charge in [-0.3, -0.25) is 14.2 Å². The third kappa shape index (κ3) is 4.39. The van der Waals surface area contributed by atoms with Gasteiger partial charge in [0.15, 0.2) is 12.2 Å². The van der Waals surface area contributed by atoms with E-state index in [-0.39, 0.29) is 11.1 Å². The van der Waals surface area contributed by atoms with Crippen molar-refractivity contribution in [2.75, 3.05) is 0 Å². The zero-order chi connectivity index (χ0) is 20.8. The average molecular weight is 386 g/mol. The summed E-state index contributed by atoms with van der Waals surface area (Å²) in [4.78, 5) is 29.2. The van der Waals surface area contributed by atoms with Gasteiger partial charge in [0, 0.05) is 29.1 Å². The summed E-state index contributed by atoms with van der Waals surface area (Å²) < 4.78 is 6.72. The Morgan fingerprint density at radius 2 is 1.90 bits per heavy atom. The van der Waals surface area contributed by atoms with Crippen LogP contribution in [0.3, 0.4) is 0 Å². The van der Waals surface area contributed by atoms with Crippen molar-refractivity contribution < 1.29 is 4.42 Å². The third-order valence-electron chi connectivity index (χ3n) is 4.25. The quantitative estimate of drug-likeness (QED) is 0.569. The highest BCUT2D eigenvalue weighted by Gasteiger charge is 2.11. The fraction of sp³-hybridized carbons (Fsp3) is 0.0909. The molecule has 29 heavy (non-hydrogen) atoms. The topological polar surface area (TPSA) is 105 Å². The van der Waals surface area contributed by atoms with Crippen LogP contribution in [0.4, 0.5) is 0 Å². The van der Waals surface area contributed by atoms with E-state index in [0.29, 0.717) is 22.6 Å². The second-order valence-electron chi connectivity index (χ2n) is 6.26. The van der Waals surface area contributed by atoms with E-state index in [1.807, 2.05) is 0 Å². The van der Waals surface area contributed by atoms with Crippen LogP contribution in [0.1, 0.15) is 16.7 Å². The number of oxazole rings is 1. The predicted octanol–water partition coefficient (Wildman–Crippen LogP) is 3.36. The van der Waals surface area contributed by atoms with Crippen LogP contribution < -0.4 is 11.1 Å². The first kappa shape index (κ1) is 19.6. The van der Waals surface area contributed by atoms with Crippen molar-refractivity contribution in [2.45, 2.75) is 13.8 Å². The second kappa shape index (κ2) is 8.67. The van der Waals surface area contributed by atoms with E-state index in [9.17, 15) is 14.9 Å². The number of aromatic amines is 1. The molecule has 7 nitrogen and oxygen atoms in total. The maximum atomic E-state index is 12.3. The van der Waals surface area contributed by atoms with Gasteiger partial charge in [-0.2, -0.15) is 5.26 Å². The van der Waals surface area contributed by atoms with Crippen molar-refractivity contribution in [3.63, 3.8) is 0 Å². The first-order valence-electron chi connectivity index (χ1n) is 8.77. The largest absolute Gasteiger partial charge is 0.444 e. The molecule has 0 atom stereocenters. The molecule has 0 fully saturated rings. The summed E-state index contributed by atoms with van der Waals surface area (Å²) in [5.41, 5.74) is 2.93. The molecule has 0 radical (unpaired) electrons. The molecule has 4 aromatic rings. The van der Waals surface area contributed by atoms with Crippen LogP contribution in [-0.2, 0) is 0 Å². The lowest BCUT2D eigenvalue weighted by molar-refractivity contribution is 0.572. The van der Waals surface area contributed by atoms with E-state index in [2.05, 4.69) is 16.0 Å². The molecule has 3 aromatic heterocycles. The van der Waals surface area contributed by atoms with Crippen LogP contribution in [0.25, 0.3) is 17.0 Å². The molecule has 4 rings (SSSR count). The zero-order valence-electron chi connectivity index (χ0n) is 15.9. The highest BCUT2D eigenvalue weighted by molar-refractivity contribution is 5.64. The standard InChI is InChI=1S/C16H11N3O2.C6H7NO/c1-11-3-2-6-19(16(11)20)14-7-12(4-5-13(14)8-17)15-9-18-10-21-15;1-5-3-2-4-7-6(5)8/h2-7,9-10H,1H3;2-4H,1H3,(H,7,8). The number of hydrogen-bond acceptors (Lipinski definition) is 5. The van der Waals surface area contributed by atoms with Gasteiger partial charge in [0.2, 0.25) is 0 Å². The minimum absolute atomic E-state index is 0.00694. The first-order chi connectivity index (χ1) is 14.0. The Balaban J connectivity index is 0.000000252. The molecule has 0 spiro atoms. The SMILES string of the molecule is Cc1ccc[nH]c1=O.Cc1cccn(-c2cc(-c3cnco3)ccc2C#N)c1=O. The van der Waals surface area contributed by atoms with Crippen LogP contribution in [0.2, 0.25) is 0 Å².